The monoisotopic (exact) mass is 243 g/mol. The first-order chi connectivity index (χ1) is 7.18. The molecule has 0 fully saturated rings. The lowest BCUT2D eigenvalue weighted by molar-refractivity contribution is 0.324. The SMILES string of the molecule is O=P12Oc3cccc4c3c(c(n4Cl)O1)O2. The molecule has 0 amide bonds. The Morgan fingerprint density at radius 2 is 2.13 bits per heavy atom. The molecule has 3 heterocycles. The van der Waals surface area contributed by atoms with Gasteiger partial charge in [0.05, 0.1) is 10.9 Å². The van der Waals surface area contributed by atoms with Crippen LogP contribution in [-0.4, -0.2) is 4.09 Å². The number of aromatic nitrogens is 1. The molecule has 1 aromatic heterocycles. The Balaban J connectivity index is 2.31. The molecule has 0 saturated heterocycles. The fraction of sp³-hybridized carbons (Fsp3) is 0. The van der Waals surface area contributed by atoms with E-state index in [1.54, 1.807) is 18.2 Å². The van der Waals surface area contributed by atoms with Crippen molar-refractivity contribution in [2.45, 2.75) is 0 Å². The summed E-state index contributed by atoms with van der Waals surface area (Å²) < 4.78 is 28.4. The van der Waals surface area contributed by atoms with Crippen LogP contribution in [0.2, 0.25) is 0 Å². The van der Waals surface area contributed by atoms with Gasteiger partial charge in [-0.05, 0) is 12.1 Å². The third-order valence-electron chi connectivity index (χ3n) is 2.43. The zero-order valence-corrected chi connectivity index (χ0v) is 8.79. The third kappa shape index (κ3) is 0.758. The summed E-state index contributed by atoms with van der Waals surface area (Å²) in [6, 6.07) is 5.28. The lowest BCUT2D eigenvalue weighted by atomic mass is 10.2. The Labute approximate surface area is 88.8 Å². The van der Waals surface area contributed by atoms with Crippen molar-refractivity contribution in [3.8, 4) is 17.4 Å². The first kappa shape index (κ1) is 7.91. The highest BCUT2D eigenvalue weighted by Gasteiger charge is 2.49. The average Bonchev–Trinajstić information content (AvgIpc) is 2.61. The Bertz CT molecular complexity index is 664. The van der Waals surface area contributed by atoms with Crippen molar-refractivity contribution in [2.75, 3.05) is 0 Å². The van der Waals surface area contributed by atoms with E-state index < -0.39 is 7.82 Å². The predicted octanol–water partition coefficient (Wildman–Crippen LogP) is 2.91. The Morgan fingerprint density at radius 3 is 3.00 bits per heavy atom. The summed E-state index contributed by atoms with van der Waals surface area (Å²) >= 11 is 5.99. The fourth-order valence-electron chi connectivity index (χ4n) is 1.85. The molecule has 2 aliphatic heterocycles. The van der Waals surface area contributed by atoms with E-state index in [0.717, 1.165) is 0 Å². The molecule has 0 spiro atoms. The maximum absolute atomic E-state index is 11.8. The third-order valence-corrected chi connectivity index (χ3v) is 3.99. The van der Waals surface area contributed by atoms with E-state index in [2.05, 4.69) is 0 Å². The van der Waals surface area contributed by atoms with Crippen molar-refractivity contribution >= 4 is 30.5 Å². The molecule has 2 aliphatic rings. The normalized spacial score (nSPS) is 25.1. The second-order valence-corrected chi connectivity index (χ2v) is 5.07. The molecular weight excluding hydrogens is 241 g/mol. The molecule has 1 aromatic carbocycles. The number of phosphoric ester groups is 1. The molecule has 1 unspecified atom stereocenters. The maximum Gasteiger partial charge on any atom is 0.648 e. The summed E-state index contributed by atoms with van der Waals surface area (Å²) in [4.78, 5) is 0. The molecule has 0 radical (unpaired) electrons. The number of rotatable bonds is 0. The van der Waals surface area contributed by atoms with Crippen LogP contribution in [0.5, 0.6) is 17.4 Å². The van der Waals surface area contributed by atoms with Crippen molar-refractivity contribution in [1.82, 2.24) is 4.09 Å². The zero-order valence-electron chi connectivity index (χ0n) is 7.14. The highest BCUT2D eigenvalue weighted by molar-refractivity contribution is 7.50. The first-order valence-corrected chi connectivity index (χ1v) is 6.00. The lowest BCUT2D eigenvalue weighted by Gasteiger charge is -2.16. The van der Waals surface area contributed by atoms with Gasteiger partial charge >= 0.3 is 7.82 Å². The van der Waals surface area contributed by atoms with Gasteiger partial charge in [-0.2, -0.15) is 4.57 Å². The molecule has 76 valence electrons. The quantitative estimate of drug-likeness (QED) is 0.668. The zero-order chi connectivity index (χ0) is 10.2. The minimum Gasteiger partial charge on any atom is -0.385 e. The maximum atomic E-state index is 11.8. The van der Waals surface area contributed by atoms with Crippen molar-refractivity contribution in [3.63, 3.8) is 0 Å². The van der Waals surface area contributed by atoms with Crippen LogP contribution < -0.4 is 13.6 Å². The van der Waals surface area contributed by atoms with Gasteiger partial charge in [0, 0.05) is 11.8 Å². The van der Waals surface area contributed by atoms with Gasteiger partial charge in [-0.15, -0.1) is 0 Å². The Morgan fingerprint density at radius 1 is 1.27 bits per heavy atom. The lowest BCUT2D eigenvalue weighted by Crippen LogP contribution is -2.05. The van der Waals surface area contributed by atoms with Gasteiger partial charge in [0.25, 0.3) is 5.88 Å². The van der Waals surface area contributed by atoms with Crippen LogP contribution in [0.15, 0.2) is 18.2 Å². The summed E-state index contributed by atoms with van der Waals surface area (Å²) in [7, 11) is -3.50. The highest BCUT2D eigenvalue weighted by atomic mass is 35.5. The number of hydrogen-bond acceptors (Lipinski definition) is 4. The molecule has 2 bridgehead atoms. The van der Waals surface area contributed by atoms with E-state index in [9.17, 15) is 4.57 Å². The molecular formula is C8H3ClNO4P. The van der Waals surface area contributed by atoms with E-state index >= 15 is 0 Å². The number of nitrogens with zero attached hydrogens (tertiary/aromatic N) is 1. The van der Waals surface area contributed by atoms with Crippen LogP contribution in [0.4, 0.5) is 0 Å². The molecule has 1 atom stereocenters. The number of hydrogen-bond donors (Lipinski definition) is 0. The summed E-state index contributed by atoms with van der Waals surface area (Å²) in [5.41, 5.74) is 0.713. The van der Waals surface area contributed by atoms with Crippen molar-refractivity contribution in [1.29, 1.82) is 0 Å². The standard InChI is InChI=1S/C8H3ClNO4P/c9-10-4-2-1-3-5-6(4)7-8(10)14-15(11,12-5)13-7/h1-3H. The van der Waals surface area contributed by atoms with Gasteiger partial charge in [-0.25, -0.2) is 4.09 Å². The average molecular weight is 244 g/mol. The summed E-state index contributed by atoms with van der Waals surface area (Å²) in [6.07, 6.45) is 0. The van der Waals surface area contributed by atoms with Crippen molar-refractivity contribution in [3.05, 3.63) is 18.2 Å². The topological polar surface area (TPSA) is 49.7 Å². The molecule has 2 aromatic rings. The molecule has 0 saturated carbocycles. The van der Waals surface area contributed by atoms with Crippen LogP contribution >= 0.6 is 19.6 Å². The van der Waals surface area contributed by atoms with Gasteiger partial charge in [0.2, 0.25) is 5.75 Å². The molecule has 0 N–H and O–H groups in total. The minimum absolute atomic E-state index is 0.250. The first-order valence-electron chi connectivity index (χ1n) is 4.20. The van der Waals surface area contributed by atoms with Crippen LogP contribution in [-0.2, 0) is 4.57 Å². The molecule has 15 heavy (non-hydrogen) atoms. The number of benzene rings is 1. The van der Waals surface area contributed by atoms with Gasteiger partial charge < -0.3 is 13.6 Å². The van der Waals surface area contributed by atoms with Crippen LogP contribution in [0.1, 0.15) is 0 Å². The summed E-state index contributed by atoms with van der Waals surface area (Å²) in [6.45, 7) is 0. The van der Waals surface area contributed by atoms with E-state index in [4.69, 9.17) is 25.3 Å². The van der Waals surface area contributed by atoms with Gasteiger partial charge in [0.1, 0.15) is 5.75 Å². The van der Waals surface area contributed by atoms with Crippen LogP contribution in [0.25, 0.3) is 10.9 Å². The largest absolute Gasteiger partial charge is 0.648 e. The second-order valence-electron chi connectivity index (χ2n) is 3.29. The minimum atomic E-state index is -3.50. The molecule has 4 rings (SSSR count). The fourth-order valence-corrected chi connectivity index (χ4v) is 3.42. The molecule has 0 aliphatic carbocycles. The molecule has 7 heteroatoms. The van der Waals surface area contributed by atoms with Gasteiger partial charge in [-0.3, -0.25) is 0 Å². The van der Waals surface area contributed by atoms with Gasteiger partial charge in [-0.1, -0.05) is 6.07 Å². The van der Waals surface area contributed by atoms with E-state index in [0.29, 0.717) is 22.4 Å². The second kappa shape index (κ2) is 2.10. The number of fused-ring (bicyclic) bond motifs is 1. The highest BCUT2D eigenvalue weighted by Crippen LogP contribution is 2.67. The van der Waals surface area contributed by atoms with Crippen molar-refractivity contribution in [2.24, 2.45) is 0 Å². The van der Waals surface area contributed by atoms with E-state index in [1.165, 1.54) is 4.09 Å². The number of phosphoric acid groups is 1. The number of halogens is 1. The van der Waals surface area contributed by atoms with Crippen LogP contribution in [0.3, 0.4) is 0 Å². The van der Waals surface area contributed by atoms with Crippen molar-refractivity contribution < 1.29 is 18.1 Å². The van der Waals surface area contributed by atoms with E-state index in [-0.39, 0.29) is 5.88 Å². The molecule has 5 nitrogen and oxygen atoms in total. The predicted molar refractivity (Wildman–Crippen MR) is 52.7 cm³/mol. The smallest absolute Gasteiger partial charge is 0.385 e. The Kier molecular flexibility index (Phi) is 1.11. The Hall–Kier alpha value is -1.32. The van der Waals surface area contributed by atoms with Crippen LogP contribution in [0, 0.1) is 0 Å². The summed E-state index contributed by atoms with van der Waals surface area (Å²) in [5.74, 6) is 1.14. The summed E-state index contributed by atoms with van der Waals surface area (Å²) in [5, 5.41) is 0.700. The van der Waals surface area contributed by atoms with Gasteiger partial charge in [0.15, 0.2) is 0 Å². The van der Waals surface area contributed by atoms with E-state index in [1.807, 2.05) is 0 Å².